The second-order valence-electron chi connectivity index (χ2n) is 5.96. The molecular formula is C22H27NO4. The van der Waals surface area contributed by atoms with Crippen molar-refractivity contribution in [3.63, 3.8) is 0 Å². The van der Waals surface area contributed by atoms with Crippen LogP contribution in [0.2, 0.25) is 0 Å². The van der Waals surface area contributed by atoms with Gasteiger partial charge >= 0.3 is 5.97 Å². The molecular weight excluding hydrogens is 342 g/mol. The standard InChI is InChI=1S/C22H27NO4/c1-4-25-21(22(24)26-5-2)16-18-9-11-19(12-10-18)27-15-13-17(3)20-8-6-7-14-23-20/h6-14,21H,4-5,15-16H2,1-3H3/b17-13+. The molecule has 0 aliphatic rings. The molecule has 2 aromatic rings. The van der Waals surface area contributed by atoms with Crippen LogP contribution in [0.25, 0.3) is 5.57 Å². The fraction of sp³-hybridized carbons (Fsp3) is 0.364. The summed E-state index contributed by atoms with van der Waals surface area (Å²) in [6.45, 7) is 6.94. The number of hydrogen-bond acceptors (Lipinski definition) is 5. The van der Waals surface area contributed by atoms with E-state index in [1.165, 1.54) is 0 Å². The van der Waals surface area contributed by atoms with Gasteiger partial charge in [0.15, 0.2) is 6.10 Å². The second kappa shape index (κ2) is 11.1. The Hall–Kier alpha value is -2.66. The van der Waals surface area contributed by atoms with Crippen molar-refractivity contribution in [2.24, 2.45) is 0 Å². The van der Waals surface area contributed by atoms with Gasteiger partial charge < -0.3 is 14.2 Å². The first-order valence-corrected chi connectivity index (χ1v) is 9.22. The molecule has 0 amide bonds. The molecule has 0 saturated carbocycles. The number of ether oxygens (including phenoxy) is 3. The highest BCUT2D eigenvalue weighted by molar-refractivity contribution is 5.75. The summed E-state index contributed by atoms with van der Waals surface area (Å²) in [5.74, 6) is 0.447. The fourth-order valence-electron chi connectivity index (χ4n) is 2.55. The minimum Gasteiger partial charge on any atom is -0.490 e. The van der Waals surface area contributed by atoms with E-state index in [1.54, 1.807) is 13.1 Å². The lowest BCUT2D eigenvalue weighted by molar-refractivity contribution is -0.156. The number of carbonyl (C=O) groups is 1. The van der Waals surface area contributed by atoms with E-state index in [1.807, 2.05) is 62.4 Å². The van der Waals surface area contributed by atoms with Crippen LogP contribution in [0.5, 0.6) is 5.75 Å². The number of esters is 1. The van der Waals surface area contributed by atoms with Gasteiger partial charge in [0.25, 0.3) is 0 Å². The summed E-state index contributed by atoms with van der Waals surface area (Å²) in [6.07, 6.45) is 3.68. The summed E-state index contributed by atoms with van der Waals surface area (Å²) in [5, 5.41) is 0. The quantitative estimate of drug-likeness (QED) is 0.591. The van der Waals surface area contributed by atoms with E-state index in [-0.39, 0.29) is 5.97 Å². The topological polar surface area (TPSA) is 57.7 Å². The van der Waals surface area contributed by atoms with Crippen molar-refractivity contribution in [2.75, 3.05) is 19.8 Å². The van der Waals surface area contributed by atoms with Crippen LogP contribution < -0.4 is 4.74 Å². The first kappa shape index (κ1) is 20.6. The van der Waals surface area contributed by atoms with Gasteiger partial charge in [0.1, 0.15) is 12.4 Å². The third kappa shape index (κ3) is 6.87. The molecule has 1 heterocycles. The number of hydrogen-bond donors (Lipinski definition) is 0. The molecule has 0 radical (unpaired) electrons. The highest BCUT2D eigenvalue weighted by Gasteiger charge is 2.20. The summed E-state index contributed by atoms with van der Waals surface area (Å²) in [5.41, 5.74) is 3.01. The van der Waals surface area contributed by atoms with Crippen LogP contribution >= 0.6 is 0 Å². The minimum atomic E-state index is -0.578. The van der Waals surface area contributed by atoms with Crippen molar-refractivity contribution in [2.45, 2.75) is 33.3 Å². The van der Waals surface area contributed by atoms with Gasteiger partial charge in [0, 0.05) is 19.2 Å². The lowest BCUT2D eigenvalue weighted by atomic mass is 10.1. The van der Waals surface area contributed by atoms with E-state index in [4.69, 9.17) is 14.2 Å². The van der Waals surface area contributed by atoms with Crippen LogP contribution in [0.1, 0.15) is 32.0 Å². The number of aromatic nitrogens is 1. The van der Waals surface area contributed by atoms with Gasteiger partial charge in [-0.2, -0.15) is 0 Å². The maximum absolute atomic E-state index is 11.9. The van der Waals surface area contributed by atoms with Crippen molar-refractivity contribution >= 4 is 11.5 Å². The highest BCUT2D eigenvalue weighted by Crippen LogP contribution is 2.16. The molecule has 5 heteroatoms. The summed E-state index contributed by atoms with van der Waals surface area (Å²) < 4.78 is 16.3. The van der Waals surface area contributed by atoms with Gasteiger partial charge in [-0.25, -0.2) is 4.79 Å². The van der Waals surface area contributed by atoms with E-state index in [0.29, 0.717) is 26.2 Å². The van der Waals surface area contributed by atoms with Gasteiger partial charge in [0.2, 0.25) is 0 Å². The van der Waals surface area contributed by atoms with Gasteiger partial charge in [0.05, 0.1) is 12.3 Å². The van der Waals surface area contributed by atoms with E-state index in [9.17, 15) is 4.79 Å². The lowest BCUT2D eigenvalue weighted by Crippen LogP contribution is -2.28. The average molecular weight is 369 g/mol. The Labute approximate surface area is 161 Å². The number of pyridine rings is 1. The molecule has 0 N–H and O–H groups in total. The van der Waals surface area contributed by atoms with Crippen LogP contribution in [-0.4, -0.2) is 36.9 Å². The van der Waals surface area contributed by atoms with Crippen LogP contribution in [0.15, 0.2) is 54.7 Å². The zero-order chi connectivity index (χ0) is 19.5. The Morgan fingerprint density at radius 2 is 1.89 bits per heavy atom. The predicted octanol–water partition coefficient (Wildman–Crippen LogP) is 4.07. The molecule has 1 atom stereocenters. The van der Waals surface area contributed by atoms with Crippen molar-refractivity contribution in [3.8, 4) is 5.75 Å². The molecule has 0 aliphatic carbocycles. The number of allylic oxidation sites excluding steroid dienone is 1. The minimum absolute atomic E-state index is 0.324. The molecule has 5 nitrogen and oxygen atoms in total. The summed E-state index contributed by atoms with van der Waals surface area (Å²) in [4.78, 5) is 16.3. The first-order chi connectivity index (χ1) is 13.1. The van der Waals surface area contributed by atoms with Gasteiger partial charge in [-0.1, -0.05) is 18.2 Å². The Morgan fingerprint density at radius 1 is 1.11 bits per heavy atom. The van der Waals surface area contributed by atoms with E-state index in [2.05, 4.69) is 4.98 Å². The zero-order valence-electron chi connectivity index (χ0n) is 16.2. The largest absolute Gasteiger partial charge is 0.490 e. The monoisotopic (exact) mass is 369 g/mol. The second-order valence-corrected chi connectivity index (χ2v) is 5.96. The molecule has 0 aliphatic heterocycles. The highest BCUT2D eigenvalue weighted by atomic mass is 16.6. The van der Waals surface area contributed by atoms with Crippen molar-refractivity contribution < 1.29 is 19.0 Å². The number of rotatable bonds is 10. The molecule has 144 valence electrons. The third-order valence-corrected chi connectivity index (χ3v) is 3.97. The SMILES string of the molecule is CCOC(=O)C(Cc1ccc(OC/C=C(\C)c2ccccn2)cc1)OCC. The zero-order valence-corrected chi connectivity index (χ0v) is 16.2. The maximum atomic E-state index is 11.9. The van der Waals surface area contributed by atoms with Gasteiger partial charge in [-0.05, 0) is 62.2 Å². The maximum Gasteiger partial charge on any atom is 0.335 e. The Kier molecular flexibility index (Phi) is 8.52. The molecule has 1 aromatic heterocycles. The van der Waals surface area contributed by atoms with Crippen molar-refractivity contribution in [1.82, 2.24) is 4.98 Å². The number of nitrogens with zero attached hydrogens (tertiary/aromatic N) is 1. The Bertz CT molecular complexity index is 726. The normalized spacial score (nSPS) is 12.5. The van der Waals surface area contributed by atoms with Gasteiger partial charge in [-0.15, -0.1) is 0 Å². The molecule has 1 unspecified atom stereocenters. The first-order valence-electron chi connectivity index (χ1n) is 9.22. The molecule has 0 fully saturated rings. The summed E-state index contributed by atoms with van der Waals surface area (Å²) in [6, 6.07) is 13.5. The van der Waals surface area contributed by atoms with E-state index in [0.717, 1.165) is 22.6 Å². The van der Waals surface area contributed by atoms with Crippen molar-refractivity contribution in [3.05, 3.63) is 66.0 Å². The fourth-order valence-corrected chi connectivity index (χ4v) is 2.55. The lowest BCUT2D eigenvalue weighted by Gasteiger charge is -2.15. The predicted molar refractivity (Wildman–Crippen MR) is 106 cm³/mol. The van der Waals surface area contributed by atoms with Gasteiger partial charge in [-0.3, -0.25) is 4.98 Å². The average Bonchev–Trinajstić information content (AvgIpc) is 2.69. The summed E-state index contributed by atoms with van der Waals surface area (Å²) >= 11 is 0. The van der Waals surface area contributed by atoms with Crippen LogP contribution in [-0.2, 0) is 20.7 Å². The van der Waals surface area contributed by atoms with Crippen molar-refractivity contribution in [1.29, 1.82) is 0 Å². The van der Waals surface area contributed by atoms with E-state index >= 15 is 0 Å². The Morgan fingerprint density at radius 3 is 2.52 bits per heavy atom. The number of benzene rings is 1. The summed E-state index contributed by atoms with van der Waals surface area (Å²) in [7, 11) is 0. The molecule has 0 saturated heterocycles. The molecule has 2 rings (SSSR count). The van der Waals surface area contributed by atoms with Crippen LogP contribution in [0.3, 0.4) is 0 Å². The number of carbonyl (C=O) groups excluding carboxylic acids is 1. The third-order valence-electron chi connectivity index (χ3n) is 3.97. The smallest absolute Gasteiger partial charge is 0.335 e. The molecule has 0 spiro atoms. The molecule has 0 bridgehead atoms. The Balaban J connectivity index is 1.89. The van der Waals surface area contributed by atoms with E-state index < -0.39 is 6.10 Å². The molecule has 1 aromatic carbocycles. The van der Waals surface area contributed by atoms with Crippen LogP contribution in [0.4, 0.5) is 0 Å². The van der Waals surface area contributed by atoms with Crippen LogP contribution in [0, 0.1) is 0 Å². The molecule has 27 heavy (non-hydrogen) atoms.